The first-order valence-corrected chi connectivity index (χ1v) is 6.17. The van der Waals surface area contributed by atoms with Gasteiger partial charge in [-0.05, 0) is 17.7 Å². The van der Waals surface area contributed by atoms with Crippen LogP contribution in [0, 0.1) is 10.1 Å². The second kappa shape index (κ2) is 4.57. The van der Waals surface area contributed by atoms with Crippen molar-refractivity contribution in [2.75, 3.05) is 0 Å². The van der Waals surface area contributed by atoms with Gasteiger partial charge in [-0.1, -0.05) is 12.1 Å². The Morgan fingerprint density at radius 2 is 2.15 bits per heavy atom. The monoisotopic (exact) mass is 288 g/mol. The average Bonchev–Trinajstić information content (AvgIpc) is 2.76. The SMILES string of the molecule is Cn1cc(-c2ccnc(Cl)n2)c2cccc([N+](=O)[O-])c21. The molecule has 0 aliphatic rings. The summed E-state index contributed by atoms with van der Waals surface area (Å²) in [6.45, 7) is 0. The van der Waals surface area contributed by atoms with E-state index < -0.39 is 0 Å². The number of fused-ring (bicyclic) bond motifs is 1. The molecule has 7 heteroatoms. The third kappa shape index (κ3) is 1.90. The molecule has 3 rings (SSSR count). The lowest BCUT2D eigenvalue weighted by Crippen LogP contribution is -1.92. The molecule has 0 saturated carbocycles. The number of hydrogen-bond donors (Lipinski definition) is 0. The number of rotatable bonds is 2. The van der Waals surface area contributed by atoms with Gasteiger partial charge in [-0.3, -0.25) is 10.1 Å². The van der Waals surface area contributed by atoms with E-state index in [-0.39, 0.29) is 15.9 Å². The Labute approximate surface area is 118 Å². The van der Waals surface area contributed by atoms with Gasteiger partial charge in [-0.25, -0.2) is 9.97 Å². The number of para-hydroxylation sites is 1. The molecule has 0 spiro atoms. The van der Waals surface area contributed by atoms with Gasteiger partial charge in [0.2, 0.25) is 5.28 Å². The number of aryl methyl sites for hydroxylation is 1. The summed E-state index contributed by atoms with van der Waals surface area (Å²) in [6, 6.07) is 6.69. The predicted molar refractivity (Wildman–Crippen MR) is 75.6 cm³/mol. The van der Waals surface area contributed by atoms with E-state index in [4.69, 9.17) is 11.6 Å². The van der Waals surface area contributed by atoms with Crippen LogP contribution in [0.25, 0.3) is 22.2 Å². The van der Waals surface area contributed by atoms with Crippen LogP contribution >= 0.6 is 11.6 Å². The number of nitro benzene ring substituents is 1. The van der Waals surface area contributed by atoms with Gasteiger partial charge in [0.15, 0.2) is 0 Å². The second-order valence-corrected chi connectivity index (χ2v) is 4.63. The molecule has 2 aromatic heterocycles. The third-order valence-electron chi connectivity index (χ3n) is 3.08. The number of non-ortho nitro benzene ring substituents is 1. The molecule has 0 N–H and O–H groups in total. The minimum atomic E-state index is -0.390. The largest absolute Gasteiger partial charge is 0.344 e. The van der Waals surface area contributed by atoms with Gasteiger partial charge in [-0.15, -0.1) is 0 Å². The van der Waals surface area contributed by atoms with Crippen molar-refractivity contribution in [2.45, 2.75) is 0 Å². The molecule has 6 nitrogen and oxygen atoms in total. The molecule has 1 aromatic carbocycles. The van der Waals surface area contributed by atoms with Crippen LogP contribution in [0.5, 0.6) is 0 Å². The number of halogens is 1. The van der Waals surface area contributed by atoms with E-state index in [2.05, 4.69) is 9.97 Å². The zero-order valence-corrected chi connectivity index (χ0v) is 11.2. The van der Waals surface area contributed by atoms with Crippen LogP contribution in [-0.2, 0) is 7.05 Å². The second-order valence-electron chi connectivity index (χ2n) is 4.30. The number of benzene rings is 1. The van der Waals surface area contributed by atoms with Gasteiger partial charge in [-0.2, -0.15) is 0 Å². The Balaban J connectivity index is 2.34. The molecule has 100 valence electrons. The fraction of sp³-hybridized carbons (Fsp3) is 0.0769. The zero-order chi connectivity index (χ0) is 14.3. The Hall–Kier alpha value is -2.47. The van der Waals surface area contributed by atoms with Crippen molar-refractivity contribution in [3.05, 3.63) is 52.1 Å². The summed E-state index contributed by atoms with van der Waals surface area (Å²) < 4.78 is 1.72. The highest BCUT2D eigenvalue weighted by Gasteiger charge is 2.18. The first-order chi connectivity index (χ1) is 9.58. The van der Waals surface area contributed by atoms with Gasteiger partial charge >= 0.3 is 0 Å². The van der Waals surface area contributed by atoms with Crippen molar-refractivity contribution in [3.8, 4) is 11.3 Å². The number of nitro groups is 1. The Kier molecular flexibility index (Phi) is 2.87. The van der Waals surface area contributed by atoms with E-state index >= 15 is 0 Å². The van der Waals surface area contributed by atoms with E-state index in [1.54, 1.807) is 36.1 Å². The topological polar surface area (TPSA) is 73.8 Å². The summed E-state index contributed by atoms with van der Waals surface area (Å²) in [6.07, 6.45) is 3.36. The molecule has 0 unspecified atom stereocenters. The van der Waals surface area contributed by atoms with Gasteiger partial charge in [0.05, 0.1) is 10.6 Å². The fourth-order valence-corrected chi connectivity index (χ4v) is 2.43. The lowest BCUT2D eigenvalue weighted by atomic mass is 10.1. The van der Waals surface area contributed by atoms with E-state index in [1.165, 1.54) is 6.07 Å². The highest BCUT2D eigenvalue weighted by molar-refractivity contribution is 6.28. The van der Waals surface area contributed by atoms with Gasteiger partial charge < -0.3 is 4.57 Å². The molecule has 2 heterocycles. The zero-order valence-electron chi connectivity index (χ0n) is 10.4. The average molecular weight is 289 g/mol. The van der Waals surface area contributed by atoms with Gasteiger partial charge in [0.25, 0.3) is 5.69 Å². The van der Waals surface area contributed by atoms with E-state index in [0.29, 0.717) is 11.2 Å². The van der Waals surface area contributed by atoms with Crippen molar-refractivity contribution in [1.82, 2.24) is 14.5 Å². The standard InChI is InChI=1S/C13H9ClN4O2/c1-17-7-9(10-5-6-15-13(14)16-10)8-3-2-4-11(12(8)17)18(19)20/h2-7H,1H3. The van der Waals surface area contributed by atoms with Crippen molar-refractivity contribution >= 4 is 28.2 Å². The molecule has 0 radical (unpaired) electrons. The summed E-state index contributed by atoms with van der Waals surface area (Å²) in [7, 11) is 1.77. The van der Waals surface area contributed by atoms with E-state index in [1.807, 2.05) is 6.07 Å². The molecule has 0 bridgehead atoms. The van der Waals surface area contributed by atoms with Crippen LogP contribution in [-0.4, -0.2) is 19.5 Å². The minimum Gasteiger partial charge on any atom is -0.344 e. The van der Waals surface area contributed by atoms with Crippen LogP contribution in [0.1, 0.15) is 0 Å². The van der Waals surface area contributed by atoms with Crippen LogP contribution in [0.2, 0.25) is 5.28 Å². The smallest absolute Gasteiger partial charge is 0.293 e. The summed E-state index contributed by atoms with van der Waals surface area (Å²) in [5.74, 6) is 0. The van der Waals surface area contributed by atoms with Crippen LogP contribution < -0.4 is 0 Å². The van der Waals surface area contributed by atoms with Crippen LogP contribution in [0.4, 0.5) is 5.69 Å². The number of hydrogen-bond acceptors (Lipinski definition) is 4. The Morgan fingerprint density at radius 3 is 2.85 bits per heavy atom. The maximum absolute atomic E-state index is 11.1. The molecule has 0 aliphatic heterocycles. The van der Waals surface area contributed by atoms with E-state index in [9.17, 15) is 10.1 Å². The van der Waals surface area contributed by atoms with Crippen molar-refractivity contribution in [1.29, 1.82) is 0 Å². The summed E-state index contributed by atoms with van der Waals surface area (Å²) >= 11 is 5.80. The summed E-state index contributed by atoms with van der Waals surface area (Å²) in [4.78, 5) is 18.7. The Bertz CT molecular complexity index is 828. The van der Waals surface area contributed by atoms with Crippen molar-refractivity contribution in [2.24, 2.45) is 7.05 Å². The third-order valence-corrected chi connectivity index (χ3v) is 3.26. The fourth-order valence-electron chi connectivity index (χ4n) is 2.28. The molecule has 0 saturated heterocycles. The molecule has 0 amide bonds. The molecule has 20 heavy (non-hydrogen) atoms. The maximum atomic E-state index is 11.1. The van der Waals surface area contributed by atoms with Crippen LogP contribution in [0.3, 0.4) is 0 Å². The highest BCUT2D eigenvalue weighted by atomic mass is 35.5. The molecule has 0 atom stereocenters. The number of nitrogens with zero attached hydrogens (tertiary/aromatic N) is 4. The predicted octanol–water partition coefficient (Wildman–Crippen LogP) is 3.20. The molecule has 0 fully saturated rings. The first-order valence-electron chi connectivity index (χ1n) is 5.79. The van der Waals surface area contributed by atoms with Crippen molar-refractivity contribution < 1.29 is 4.92 Å². The highest BCUT2D eigenvalue weighted by Crippen LogP contribution is 2.34. The molecular formula is C13H9ClN4O2. The van der Waals surface area contributed by atoms with Gasteiger partial charge in [0, 0.05) is 36.5 Å². The maximum Gasteiger partial charge on any atom is 0.293 e. The summed E-state index contributed by atoms with van der Waals surface area (Å²) in [5, 5.41) is 12.0. The van der Waals surface area contributed by atoms with Gasteiger partial charge in [0.1, 0.15) is 5.52 Å². The molecule has 0 aliphatic carbocycles. The lowest BCUT2D eigenvalue weighted by molar-refractivity contribution is -0.383. The minimum absolute atomic E-state index is 0.0661. The summed E-state index contributed by atoms with van der Waals surface area (Å²) in [5.41, 5.74) is 2.05. The van der Waals surface area contributed by atoms with Crippen LogP contribution in [0.15, 0.2) is 36.7 Å². The molecule has 3 aromatic rings. The van der Waals surface area contributed by atoms with E-state index in [0.717, 1.165) is 10.9 Å². The Morgan fingerprint density at radius 1 is 1.35 bits per heavy atom. The first kappa shape index (κ1) is 12.6. The van der Waals surface area contributed by atoms with Crippen molar-refractivity contribution in [3.63, 3.8) is 0 Å². The lowest BCUT2D eigenvalue weighted by Gasteiger charge is -1.99. The quantitative estimate of drug-likeness (QED) is 0.412. The normalized spacial score (nSPS) is 10.9. The number of aromatic nitrogens is 3. The molecular weight excluding hydrogens is 280 g/mol.